The topological polar surface area (TPSA) is 20.3 Å². The lowest BCUT2D eigenvalue weighted by molar-refractivity contribution is -0.120. The van der Waals surface area contributed by atoms with Crippen LogP contribution in [0.2, 0.25) is 5.02 Å². The third-order valence-electron chi connectivity index (χ3n) is 6.42. The van der Waals surface area contributed by atoms with E-state index in [0.29, 0.717) is 16.3 Å². The van der Waals surface area contributed by atoms with Crippen LogP contribution >= 0.6 is 11.6 Å². The number of anilines is 2. The van der Waals surface area contributed by atoms with Gasteiger partial charge in [-0.2, -0.15) is 0 Å². The van der Waals surface area contributed by atoms with E-state index in [1.54, 1.807) is 30.0 Å². The van der Waals surface area contributed by atoms with Crippen LogP contribution in [0.25, 0.3) is 0 Å². The van der Waals surface area contributed by atoms with Gasteiger partial charge in [0.2, 0.25) is 5.91 Å². The molecule has 0 fully saturated rings. The lowest BCUT2D eigenvalue weighted by Crippen LogP contribution is -2.37. The van der Waals surface area contributed by atoms with Gasteiger partial charge in [-0.05, 0) is 72.7 Å². The summed E-state index contributed by atoms with van der Waals surface area (Å²) >= 11 is 6.35. The van der Waals surface area contributed by atoms with E-state index in [1.807, 2.05) is 31.2 Å². The number of rotatable bonds is 2. The summed E-state index contributed by atoms with van der Waals surface area (Å²) in [5.41, 5.74) is 3.94. The fraction of sp³-hybridized carbons (Fsp3) is 0.296. The average Bonchev–Trinajstić information content (AvgIpc) is 2.87. The van der Waals surface area contributed by atoms with E-state index in [1.165, 1.54) is 11.6 Å². The molecule has 2 aliphatic rings. The van der Waals surface area contributed by atoms with Crippen molar-refractivity contribution in [2.45, 2.75) is 46.5 Å². The number of halogens is 2. The van der Waals surface area contributed by atoms with Crippen molar-refractivity contribution in [2.24, 2.45) is 5.41 Å². The number of fused-ring (bicyclic) bond motifs is 1. The summed E-state index contributed by atoms with van der Waals surface area (Å²) < 4.78 is 14.4. The summed E-state index contributed by atoms with van der Waals surface area (Å²) in [5, 5.41) is 0.568. The molecule has 2 aromatic carbocycles. The second-order valence-electron chi connectivity index (χ2n) is 9.53. The molecule has 0 spiro atoms. The van der Waals surface area contributed by atoms with Crippen LogP contribution in [0.3, 0.4) is 0 Å². The molecule has 2 nitrogen and oxygen atoms in total. The monoisotopic (exact) mass is 435 g/mol. The first-order chi connectivity index (χ1) is 14.5. The van der Waals surface area contributed by atoms with E-state index in [0.717, 1.165) is 23.2 Å². The maximum absolute atomic E-state index is 14.4. The summed E-state index contributed by atoms with van der Waals surface area (Å²) in [6.45, 7) is 10.2. The highest BCUT2D eigenvalue weighted by atomic mass is 35.5. The molecule has 0 N–H and O–H groups in total. The van der Waals surface area contributed by atoms with E-state index in [-0.39, 0.29) is 17.1 Å². The van der Waals surface area contributed by atoms with Crippen molar-refractivity contribution in [3.8, 4) is 0 Å². The Morgan fingerprint density at radius 1 is 1.10 bits per heavy atom. The smallest absolute Gasteiger partial charge is 0.246 e. The van der Waals surface area contributed by atoms with Crippen molar-refractivity contribution >= 4 is 28.9 Å². The van der Waals surface area contributed by atoms with Crippen LogP contribution in [0.5, 0.6) is 0 Å². The SMILES string of the molecule is Cc1ccc(N2C(=O)C(C)(C3=CC=C(C(C)(C)C)CC=C3)c3cc(Cl)ccc32)cc1F. The number of benzene rings is 2. The minimum Gasteiger partial charge on any atom is -0.280 e. The van der Waals surface area contributed by atoms with Gasteiger partial charge >= 0.3 is 0 Å². The minimum absolute atomic E-state index is 0.0452. The molecule has 31 heavy (non-hydrogen) atoms. The number of carbonyl (C=O) groups is 1. The minimum atomic E-state index is -0.929. The molecule has 0 saturated carbocycles. The third-order valence-corrected chi connectivity index (χ3v) is 6.66. The highest BCUT2D eigenvalue weighted by Crippen LogP contribution is 2.50. The van der Waals surface area contributed by atoms with Crippen molar-refractivity contribution in [1.29, 1.82) is 0 Å². The molecule has 0 bridgehead atoms. The molecule has 2 aromatic rings. The fourth-order valence-electron chi connectivity index (χ4n) is 4.32. The van der Waals surface area contributed by atoms with Crippen molar-refractivity contribution < 1.29 is 9.18 Å². The van der Waals surface area contributed by atoms with Crippen LogP contribution in [0.1, 0.15) is 45.2 Å². The molecule has 1 heterocycles. The molecule has 1 aliphatic heterocycles. The van der Waals surface area contributed by atoms with Crippen LogP contribution in [0.4, 0.5) is 15.8 Å². The molecule has 0 saturated heterocycles. The first kappa shape index (κ1) is 21.6. The molecular formula is C27H27ClFNO. The highest BCUT2D eigenvalue weighted by Gasteiger charge is 2.50. The molecule has 1 amide bonds. The highest BCUT2D eigenvalue weighted by molar-refractivity contribution is 6.31. The van der Waals surface area contributed by atoms with Crippen molar-refractivity contribution in [3.05, 3.63) is 93.8 Å². The molecule has 1 aliphatic carbocycles. The van der Waals surface area contributed by atoms with Gasteiger partial charge in [0, 0.05) is 5.02 Å². The number of allylic oxidation sites excluding steroid dienone is 5. The van der Waals surface area contributed by atoms with Gasteiger partial charge in [-0.15, -0.1) is 0 Å². The maximum Gasteiger partial charge on any atom is 0.246 e. The molecule has 4 rings (SSSR count). The Bertz CT molecular complexity index is 1170. The lowest BCUT2D eigenvalue weighted by atomic mass is 9.76. The Hall–Kier alpha value is -2.65. The van der Waals surface area contributed by atoms with Crippen LogP contribution in [-0.2, 0) is 10.2 Å². The first-order valence-electron chi connectivity index (χ1n) is 10.5. The number of hydrogen-bond acceptors (Lipinski definition) is 1. The first-order valence-corrected chi connectivity index (χ1v) is 10.9. The van der Waals surface area contributed by atoms with Crippen LogP contribution in [0.15, 0.2) is 71.8 Å². The largest absolute Gasteiger partial charge is 0.280 e. The molecule has 1 unspecified atom stereocenters. The average molecular weight is 436 g/mol. The van der Waals surface area contributed by atoms with Crippen molar-refractivity contribution in [2.75, 3.05) is 4.90 Å². The van der Waals surface area contributed by atoms with E-state index in [4.69, 9.17) is 11.6 Å². The zero-order valence-electron chi connectivity index (χ0n) is 18.6. The van der Waals surface area contributed by atoms with Gasteiger partial charge in [0.05, 0.1) is 16.8 Å². The molecule has 1 atom stereocenters. The third kappa shape index (κ3) is 3.55. The van der Waals surface area contributed by atoms with Gasteiger partial charge in [0.1, 0.15) is 5.82 Å². The summed E-state index contributed by atoms with van der Waals surface area (Å²) in [6.07, 6.45) is 9.17. The maximum atomic E-state index is 14.4. The second-order valence-corrected chi connectivity index (χ2v) is 9.97. The molecule has 160 valence electrons. The summed E-state index contributed by atoms with van der Waals surface area (Å²) in [5.74, 6) is -0.447. The van der Waals surface area contributed by atoms with Crippen LogP contribution in [0, 0.1) is 18.2 Å². The zero-order valence-corrected chi connectivity index (χ0v) is 19.3. The van der Waals surface area contributed by atoms with Crippen molar-refractivity contribution in [3.63, 3.8) is 0 Å². The number of carbonyl (C=O) groups excluding carboxylic acids is 1. The lowest BCUT2D eigenvalue weighted by Gasteiger charge is -2.26. The van der Waals surface area contributed by atoms with Gasteiger partial charge < -0.3 is 0 Å². The van der Waals surface area contributed by atoms with Crippen LogP contribution < -0.4 is 4.90 Å². The number of aryl methyl sites for hydroxylation is 1. The Morgan fingerprint density at radius 3 is 2.52 bits per heavy atom. The van der Waals surface area contributed by atoms with Gasteiger partial charge in [-0.3, -0.25) is 9.69 Å². The summed E-state index contributed by atoms with van der Waals surface area (Å²) in [7, 11) is 0. The summed E-state index contributed by atoms with van der Waals surface area (Å²) in [6, 6.07) is 10.4. The summed E-state index contributed by atoms with van der Waals surface area (Å²) in [4.78, 5) is 15.6. The fourth-order valence-corrected chi connectivity index (χ4v) is 4.50. The number of hydrogen-bond donors (Lipinski definition) is 0. The van der Waals surface area contributed by atoms with Gasteiger partial charge in [-0.1, -0.05) is 68.3 Å². The van der Waals surface area contributed by atoms with E-state index < -0.39 is 5.41 Å². The quantitative estimate of drug-likeness (QED) is 0.476. The Balaban J connectivity index is 1.90. The van der Waals surface area contributed by atoms with Gasteiger partial charge in [0.15, 0.2) is 0 Å². The number of amides is 1. The molecule has 0 radical (unpaired) electrons. The van der Waals surface area contributed by atoms with Crippen LogP contribution in [-0.4, -0.2) is 5.91 Å². The number of nitrogens with zero attached hydrogens (tertiary/aromatic N) is 1. The predicted octanol–water partition coefficient (Wildman–Crippen LogP) is 7.58. The van der Waals surface area contributed by atoms with Gasteiger partial charge in [0.25, 0.3) is 0 Å². The Morgan fingerprint density at radius 2 is 1.84 bits per heavy atom. The Kier molecular flexibility index (Phi) is 5.21. The zero-order chi connectivity index (χ0) is 22.6. The normalized spacial score (nSPS) is 21.0. The van der Waals surface area contributed by atoms with E-state index >= 15 is 0 Å². The molecule has 4 heteroatoms. The van der Waals surface area contributed by atoms with E-state index in [9.17, 15) is 9.18 Å². The van der Waals surface area contributed by atoms with Crippen molar-refractivity contribution in [1.82, 2.24) is 0 Å². The predicted molar refractivity (Wildman–Crippen MR) is 126 cm³/mol. The van der Waals surface area contributed by atoms with E-state index in [2.05, 4.69) is 32.9 Å². The standard InChI is InChI=1S/C27H27ClFNO/c1-17-9-13-21(16-23(17)29)30-24-14-12-20(28)15-22(24)27(5,25(30)31)19-8-6-7-18(10-11-19)26(2,3)4/h6,8-16H,7H2,1-5H3. The molecule has 0 aromatic heterocycles. The van der Waals surface area contributed by atoms with Gasteiger partial charge in [-0.25, -0.2) is 4.39 Å². The second kappa shape index (κ2) is 7.49. The Labute approximate surface area is 188 Å². The molecular weight excluding hydrogens is 409 g/mol.